The molecule has 3 aromatic rings. The van der Waals surface area contributed by atoms with Crippen LogP contribution in [-0.2, 0) is 10.0 Å². The predicted molar refractivity (Wildman–Crippen MR) is 116 cm³/mol. The van der Waals surface area contributed by atoms with Gasteiger partial charge in [0.1, 0.15) is 0 Å². The molecule has 146 valence electrons. The molecule has 0 saturated carbocycles. The molecule has 1 N–H and O–H groups in total. The van der Waals surface area contributed by atoms with Crippen LogP contribution in [0.2, 0.25) is 10.0 Å². The highest BCUT2D eigenvalue weighted by atomic mass is 35.5. The minimum Gasteiger partial charge on any atom is -0.211 e. The van der Waals surface area contributed by atoms with Gasteiger partial charge in [0.15, 0.2) is 0 Å². The van der Waals surface area contributed by atoms with E-state index in [0.29, 0.717) is 10.0 Å². The predicted octanol–water partition coefficient (Wildman–Crippen LogP) is 5.86. The lowest BCUT2D eigenvalue weighted by Crippen LogP contribution is -2.30. The zero-order chi connectivity index (χ0) is 20.1. The molecule has 0 saturated heterocycles. The molecule has 0 radical (unpaired) electrons. The molecule has 2 unspecified atom stereocenters. The first-order valence-electron chi connectivity index (χ1n) is 8.92. The average Bonchev–Trinajstić information content (AvgIpc) is 2.69. The monoisotopic (exact) mass is 433 g/mol. The van der Waals surface area contributed by atoms with Gasteiger partial charge >= 0.3 is 0 Å². The molecule has 0 spiro atoms. The van der Waals surface area contributed by atoms with Gasteiger partial charge in [-0.1, -0.05) is 78.7 Å². The Labute approximate surface area is 176 Å². The maximum Gasteiger partial charge on any atom is 0.240 e. The van der Waals surface area contributed by atoms with Crippen LogP contribution in [0.15, 0.2) is 83.8 Å². The molecule has 0 aromatic heterocycles. The van der Waals surface area contributed by atoms with Crippen molar-refractivity contribution in [3.8, 4) is 0 Å². The van der Waals surface area contributed by atoms with Crippen molar-refractivity contribution in [1.29, 1.82) is 0 Å². The van der Waals surface area contributed by atoms with Gasteiger partial charge in [-0.3, -0.25) is 0 Å². The van der Waals surface area contributed by atoms with Crippen molar-refractivity contribution in [2.45, 2.75) is 23.7 Å². The van der Waals surface area contributed by atoms with Crippen molar-refractivity contribution in [2.75, 3.05) is 6.54 Å². The summed E-state index contributed by atoms with van der Waals surface area (Å²) >= 11 is 12.0. The average molecular weight is 434 g/mol. The van der Waals surface area contributed by atoms with Crippen LogP contribution in [0.4, 0.5) is 0 Å². The first kappa shape index (κ1) is 20.9. The maximum atomic E-state index is 12.7. The van der Waals surface area contributed by atoms with E-state index in [1.54, 1.807) is 12.1 Å². The maximum absolute atomic E-state index is 12.7. The van der Waals surface area contributed by atoms with Crippen LogP contribution in [0.25, 0.3) is 0 Å². The van der Waals surface area contributed by atoms with E-state index in [4.69, 9.17) is 23.2 Å². The summed E-state index contributed by atoms with van der Waals surface area (Å²) in [5.41, 5.74) is 2.17. The van der Waals surface area contributed by atoms with Crippen molar-refractivity contribution < 1.29 is 8.42 Å². The topological polar surface area (TPSA) is 46.2 Å². The Balaban J connectivity index is 1.87. The van der Waals surface area contributed by atoms with Crippen LogP contribution in [0.1, 0.15) is 29.9 Å². The van der Waals surface area contributed by atoms with E-state index < -0.39 is 10.0 Å². The first-order chi connectivity index (χ1) is 13.4. The summed E-state index contributed by atoms with van der Waals surface area (Å²) in [4.78, 5) is 0.158. The third kappa shape index (κ3) is 5.15. The van der Waals surface area contributed by atoms with Crippen LogP contribution < -0.4 is 4.72 Å². The number of sulfonamides is 1. The van der Waals surface area contributed by atoms with Crippen LogP contribution in [0.3, 0.4) is 0 Å². The number of benzene rings is 3. The highest BCUT2D eigenvalue weighted by molar-refractivity contribution is 7.89. The highest BCUT2D eigenvalue weighted by Gasteiger charge is 2.24. The minimum absolute atomic E-state index is 0.0451. The van der Waals surface area contributed by atoms with Gasteiger partial charge in [0.25, 0.3) is 0 Å². The van der Waals surface area contributed by atoms with Crippen LogP contribution in [-0.4, -0.2) is 15.0 Å². The summed E-state index contributed by atoms with van der Waals surface area (Å²) in [5, 5.41) is 1.06. The fraction of sp³-hybridized carbons (Fsp3) is 0.182. The molecule has 3 rings (SSSR count). The van der Waals surface area contributed by atoms with Crippen LogP contribution in [0.5, 0.6) is 0 Å². The molecular formula is C22H21Cl2NO2S. The van der Waals surface area contributed by atoms with Crippen molar-refractivity contribution in [3.05, 3.63) is 100 Å². The molecule has 28 heavy (non-hydrogen) atoms. The van der Waals surface area contributed by atoms with Crippen molar-refractivity contribution in [1.82, 2.24) is 4.72 Å². The van der Waals surface area contributed by atoms with E-state index in [0.717, 1.165) is 11.1 Å². The van der Waals surface area contributed by atoms with E-state index in [-0.39, 0.29) is 23.3 Å². The summed E-state index contributed by atoms with van der Waals surface area (Å²) in [6, 6.07) is 23.8. The Bertz CT molecular complexity index is 1020. The lowest BCUT2D eigenvalue weighted by Gasteiger charge is -2.25. The van der Waals surface area contributed by atoms with Gasteiger partial charge in [0.05, 0.1) is 4.90 Å². The summed E-state index contributed by atoms with van der Waals surface area (Å²) < 4.78 is 28.2. The zero-order valence-electron chi connectivity index (χ0n) is 15.3. The van der Waals surface area contributed by atoms with Gasteiger partial charge in [-0.05, 0) is 47.4 Å². The van der Waals surface area contributed by atoms with E-state index in [1.165, 1.54) is 12.1 Å². The highest BCUT2D eigenvalue weighted by Crippen LogP contribution is 2.33. The summed E-state index contributed by atoms with van der Waals surface area (Å²) in [6.45, 7) is 2.36. The van der Waals surface area contributed by atoms with Crippen molar-refractivity contribution in [2.24, 2.45) is 0 Å². The third-order valence-corrected chi connectivity index (χ3v) is 6.74. The van der Waals surface area contributed by atoms with Gasteiger partial charge in [-0.15, -0.1) is 0 Å². The zero-order valence-corrected chi connectivity index (χ0v) is 17.7. The SMILES string of the molecule is CC(c1ccc(Cl)cc1)C(CNS(=O)(=O)c1cccc(Cl)c1)c1ccccc1. The molecule has 3 aromatic carbocycles. The van der Waals surface area contributed by atoms with E-state index >= 15 is 0 Å². The Kier molecular flexibility index (Phi) is 6.78. The molecule has 0 aliphatic rings. The number of nitrogens with one attached hydrogen (secondary N) is 1. The van der Waals surface area contributed by atoms with Crippen LogP contribution in [0, 0.1) is 0 Å². The largest absolute Gasteiger partial charge is 0.240 e. The molecule has 0 heterocycles. The lowest BCUT2D eigenvalue weighted by molar-refractivity contribution is 0.539. The second-order valence-electron chi connectivity index (χ2n) is 6.67. The molecular weight excluding hydrogens is 413 g/mol. The van der Waals surface area contributed by atoms with E-state index in [1.807, 2.05) is 54.6 Å². The quantitative estimate of drug-likeness (QED) is 0.506. The van der Waals surface area contributed by atoms with Gasteiger partial charge < -0.3 is 0 Å². The van der Waals surface area contributed by atoms with E-state index in [9.17, 15) is 8.42 Å². The number of hydrogen-bond acceptors (Lipinski definition) is 2. The molecule has 0 aliphatic heterocycles. The number of halogens is 2. The lowest BCUT2D eigenvalue weighted by atomic mass is 9.83. The Hall–Kier alpha value is -1.85. The molecule has 6 heteroatoms. The van der Waals surface area contributed by atoms with Crippen LogP contribution >= 0.6 is 23.2 Å². The second-order valence-corrected chi connectivity index (χ2v) is 9.31. The fourth-order valence-corrected chi connectivity index (χ4v) is 4.69. The molecule has 0 aliphatic carbocycles. The van der Waals surface area contributed by atoms with Crippen molar-refractivity contribution in [3.63, 3.8) is 0 Å². The molecule has 0 amide bonds. The van der Waals surface area contributed by atoms with Gasteiger partial charge in [-0.2, -0.15) is 0 Å². The standard InChI is InChI=1S/C22H21Cl2NO2S/c1-16(17-10-12-19(23)13-11-17)22(18-6-3-2-4-7-18)15-25-28(26,27)21-9-5-8-20(24)14-21/h2-14,16,22,25H,15H2,1H3. The van der Waals surface area contributed by atoms with Gasteiger partial charge in [0.2, 0.25) is 10.0 Å². The molecule has 0 bridgehead atoms. The van der Waals surface area contributed by atoms with Gasteiger partial charge in [0, 0.05) is 22.5 Å². The summed E-state index contributed by atoms with van der Waals surface area (Å²) in [7, 11) is -3.66. The number of hydrogen-bond donors (Lipinski definition) is 1. The first-order valence-corrected chi connectivity index (χ1v) is 11.2. The number of rotatable bonds is 7. The second kappa shape index (κ2) is 9.10. The smallest absolute Gasteiger partial charge is 0.211 e. The van der Waals surface area contributed by atoms with E-state index in [2.05, 4.69) is 11.6 Å². The third-order valence-electron chi connectivity index (χ3n) is 4.83. The Morgan fingerprint density at radius 1 is 0.821 bits per heavy atom. The Morgan fingerprint density at radius 2 is 1.50 bits per heavy atom. The molecule has 0 fully saturated rings. The molecule has 2 atom stereocenters. The normalized spacial score (nSPS) is 13.8. The summed E-state index contributed by atoms with van der Waals surface area (Å²) in [6.07, 6.45) is 0. The minimum atomic E-state index is -3.66. The van der Waals surface area contributed by atoms with Gasteiger partial charge in [-0.25, -0.2) is 13.1 Å². The fourth-order valence-electron chi connectivity index (χ4n) is 3.20. The van der Waals surface area contributed by atoms with Crippen molar-refractivity contribution >= 4 is 33.2 Å². The molecule has 3 nitrogen and oxygen atoms in total. The summed E-state index contributed by atoms with van der Waals surface area (Å²) in [5.74, 6) is 0.0399. The Morgan fingerprint density at radius 3 is 2.14 bits per heavy atom.